The van der Waals surface area contributed by atoms with Gasteiger partial charge >= 0.3 is 0 Å². The minimum absolute atomic E-state index is 0.0242. The Labute approximate surface area is 153 Å². The minimum Gasteiger partial charge on any atom is -0.340 e. The molecule has 0 fully saturated rings. The summed E-state index contributed by atoms with van der Waals surface area (Å²) in [5.41, 5.74) is 5.63. The molecule has 26 heavy (non-hydrogen) atoms. The van der Waals surface area contributed by atoms with Gasteiger partial charge in [-0.15, -0.1) is 0 Å². The Morgan fingerprint density at radius 1 is 0.923 bits per heavy atom. The molecule has 0 radical (unpaired) electrons. The number of nitrogens with one attached hydrogen (secondary N) is 2. The van der Waals surface area contributed by atoms with Crippen molar-refractivity contribution in [2.75, 3.05) is 10.6 Å². The molecule has 0 spiro atoms. The molecule has 0 aliphatic rings. The molecule has 0 atom stereocenters. The Morgan fingerprint density at radius 2 is 1.73 bits per heavy atom. The summed E-state index contributed by atoms with van der Waals surface area (Å²) in [6, 6.07) is 15.5. The van der Waals surface area contributed by atoms with Crippen molar-refractivity contribution in [3.63, 3.8) is 0 Å². The number of hydrogen-bond acceptors (Lipinski definition) is 5. The lowest BCUT2D eigenvalue weighted by molar-refractivity contribution is 0.101. The van der Waals surface area contributed by atoms with Crippen LogP contribution in [0.5, 0.6) is 0 Å². The fourth-order valence-corrected chi connectivity index (χ4v) is 2.64. The highest BCUT2D eigenvalue weighted by molar-refractivity contribution is 5.95. The summed E-state index contributed by atoms with van der Waals surface area (Å²) in [5, 5.41) is 6.54. The maximum absolute atomic E-state index is 11.6. The molecule has 0 aliphatic carbocycles. The monoisotopic (exact) mass is 346 g/mol. The first-order valence-corrected chi connectivity index (χ1v) is 8.49. The summed E-state index contributed by atoms with van der Waals surface area (Å²) in [5.74, 6) is 1.23. The number of hydrogen-bond donors (Lipinski definition) is 2. The number of benzene rings is 2. The molecule has 3 aromatic rings. The number of anilines is 4. The zero-order valence-corrected chi connectivity index (χ0v) is 15.4. The van der Waals surface area contributed by atoms with Gasteiger partial charge in [-0.2, -0.15) is 4.98 Å². The molecule has 0 saturated carbocycles. The molecule has 132 valence electrons. The Kier molecular flexibility index (Phi) is 4.98. The van der Waals surface area contributed by atoms with Crippen LogP contribution >= 0.6 is 0 Å². The number of carbonyl (C=O) groups excluding carboxylic acids is 1. The van der Waals surface area contributed by atoms with Gasteiger partial charge in [-0.3, -0.25) is 4.79 Å². The second kappa shape index (κ2) is 7.35. The van der Waals surface area contributed by atoms with Crippen LogP contribution in [0.1, 0.15) is 34.1 Å². The lowest BCUT2D eigenvalue weighted by Gasteiger charge is -2.12. The third-order valence-electron chi connectivity index (χ3n) is 4.04. The van der Waals surface area contributed by atoms with Gasteiger partial charge in [-0.1, -0.05) is 24.3 Å². The predicted octanol–water partition coefficient (Wildman–Crippen LogP) is 5.09. The molecule has 0 amide bonds. The molecule has 5 nitrogen and oxygen atoms in total. The van der Waals surface area contributed by atoms with E-state index in [0.717, 1.165) is 28.5 Å². The molecule has 0 bridgehead atoms. The van der Waals surface area contributed by atoms with Gasteiger partial charge < -0.3 is 10.6 Å². The molecule has 1 aromatic heterocycles. The first kappa shape index (κ1) is 17.6. The van der Waals surface area contributed by atoms with E-state index < -0.39 is 0 Å². The normalized spacial score (nSPS) is 10.5. The summed E-state index contributed by atoms with van der Waals surface area (Å²) < 4.78 is 0. The third kappa shape index (κ3) is 4.25. The number of aromatic nitrogens is 2. The van der Waals surface area contributed by atoms with Gasteiger partial charge in [0.25, 0.3) is 0 Å². The molecule has 3 rings (SSSR count). The maximum atomic E-state index is 11.6. The molecule has 0 saturated heterocycles. The second-order valence-electron chi connectivity index (χ2n) is 6.42. The number of ketones is 1. The van der Waals surface area contributed by atoms with Gasteiger partial charge in [0.05, 0.1) is 0 Å². The van der Waals surface area contributed by atoms with Crippen molar-refractivity contribution in [2.45, 2.75) is 27.7 Å². The average Bonchev–Trinajstić information content (AvgIpc) is 2.58. The van der Waals surface area contributed by atoms with Gasteiger partial charge in [-0.25, -0.2) is 4.98 Å². The van der Waals surface area contributed by atoms with E-state index in [2.05, 4.69) is 52.6 Å². The zero-order chi connectivity index (χ0) is 18.7. The van der Waals surface area contributed by atoms with Gasteiger partial charge in [0, 0.05) is 28.7 Å². The Hall–Kier alpha value is -3.21. The summed E-state index contributed by atoms with van der Waals surface area (Å²) in [4.78, 5) is 20.5. The average molecular weight is 346 g/mol. The van der Waals surface area contributed by atoms with E-state index in [1.807, 2.05) is 25.1 Å². The first-order valence-electron chi connectivity index (χ1n) is 8.49. The topological polar surface area (TPSA) is 66.9 Å². The summed E-state index contributed by atoms with van der Waals surface area (Å²) in [6.45, 7) is 7.59. The zero-order valence-electron chi connectivity index (χ0n) is 15.4. The van der Waals surface area contributed by atoms with Crippen molar-refractivity contribution in [3.05, 3.63) is 70.9 Å². The third-order valence-corrected chi connectivity index (χ3v) is 4.04. The fourth-order valence-electron chi connectivity index (χ4n) is 2.64. The van der Waals surface area contributed by atoms with Crippen LogP contribution in [0.2, 0.25) is 0 Å². The largest absolute Gasteiger partial charge is 0.340 e. The lowest BCUT2D eigenvalue weighted by atomic mass is 10.1. The predicted molar refractivity (Wildman–Crippen MR) is 106 cm³/mol. The van der Waals surface area contributed by atoms with Crippen LogP contribution in [0.25, 0.3) is 0 Å². The smallest absolute Gasteiger partial charge is 0.229 e. The van der Waals surface area contributed by atoms with Crippen LogP contribution in [-0.4, -0.2) is 15.8 Å². The number of carbonyl (C=O) groups is 1. The Bertz CT molecular complexity index is 966. The van der Waals surface area contributed by atoms with E-state index in [-0.39, 0.29) is 5.78 Å². The molecular formula is C21H22N4O. The highest BCUT2D eigenvalue weighted by atomic mass is 16.1. The maximum Gasteiger partial charge on any atom is 0.229 e. The van der Waals surface area contributed by atoms with Crippen molar-refractivity contribution >= 4 is 28.9 Å². The molecule has 2 aromatic carbocycles. The summed E-state index contributed by atoms with van der Waals surface area (Å²) in [7, 11) is 0. The molecule has 2 N–H and O–H groups in total. The van der Waals surface area contributed by atoms with Crippen LogP contribution < -0.4 is 10.6 Å². The van der Waals surface area contributed by atoms with Crippen LogP contribution in [0.15, 0.2) is 48.5 Å². The highest BCUT2D eigenvalue weighted by Crippen LogP contribution is 2.23. The summed E-state index contributed by atoms with van der Waals surface area (Å²) in [6.07, 6.45) is 0. The molecule has 0 unspecified atom stereocenters. The van der Waals surface area contributed by atoms with E-state index in [4.69, 9.17) is 0 Å². The van der Waals surface area contributed by atoms with Gasteiger partial charge in [-0.05, 0) is 57.0 Å². The van der Waals surface area contributed by atoms with Crippen molar-refractivity contribution in [2.24, 2.45) is 0 Å². The SMILES string of the molecule is CC(=O)c1cccc(Nc2nc(C)cc(Nc3cc(C)ccc3C)n2)c1. The van der Waals surface area contributed by atoms with Crippen molar-refractivity contribution in [3.8, 4) is 0 Å². The van der Waals surface area contributed by atoms with E-state index in [9.17, 15) is 4.79 Å². The quantitative estimate of drug-likeness (QED) is 0.630. The molecule has 0 aliphatic heterocycles. The van der Waals surface area contributed by atoms with Crippen LogP contribution in [-0.2, 0) is 0 Å². The minimum atomic E-state index is 0.0242. The Balaban J connectivity index is 1.87. The van der Waals surface area contributed by atoms with Gasteiger partial charge in [0.2, 0.25) is 5.95 Å². The Morgan fingerprint density at radius 3 is 2.50 bits per heavy atom. The second-order valence-corrected chi connectivity index (χ2v) is 6.42. The molecule has 1 heterocycles. The van der Waals surface area contributed by atoms with E-state index in [1.165, 1.54) is 5.56 Å². The van der Waals surface area contributed by atoms with E-state index >= 15 is 0 Å². The number of aryl methyl sites for hydroxylation is 3. The van der Waals surface area contributed by atoms with Gasteiger partial charge in [0.1, 0.15) is 5.82 Å². The van der Waals surface area contributed by atoms with Crippen molar-refractivity contribution in [1.29, 1.82) is 0 Å². The van der Waals surface area contributed by atoms with E-state index in [1.54, 1.807) is 19.1 Å². The van der Waals surface area contributed by atoms with E-state index in [0.29, 0.717) is 11.5 Å². The van der Waals surface area contributed by atoms with Crippen molar-refractivity contribution < 1.29 is 4.79 Å². The van der Waals surface area contributed by atoms with Crippen LogP contribution in [0.4, 0.5) is 23.1 Å². The van der Waals surface area contributed by atoms with Crippen LogP contribution in [0, 0.1) is 20.8 Å². The summed E-state index contributed by atoms with van der Waals surface area (Å²) >= 11 is 0. The molecule has 5 heteroatoms. The van der Waals surface area contributed by atoms with Crippen LogP contribution in [0.3, 0.4) is 0 Å². The number of rotatable bonds is 5. The fraction of sp³-hybridized carbons (Fsp3) is 0.190. The molecular weight excluding hydrogens is 324 g/mol. The first-order chi connectivity index (χ1) is 12.4. The number of nitrogens with zero attached hydrogens (tertiary/aromatic N) is 2. The number of Topliss-reactive ketones (excluding diaryl/α,β-unsaturated/α-hetero) is 1. The standard InChI is InChI=1S/C21H22N4O/c1-13-8-9-14(2)19(10-13)24-20-11-15(3)22-21(25-20)23-18-7-5-6-17(12-18)16(4)26/h5-12H,1-4H3,(H2,22,23,24,25). The van der Waals surface area contributed by atoms with Crippen molar-refractivity contribution in [1.82, 2.24) is 9.97 Å². The highest BCUT2D eigenvalue weighted by Gasteiger charge is 2.07. The lowest BCUT2D eigenvalue weighted by Crippen LogP contribution is -2.03. The van der Waals surface area contributed by atoms with Gasteiger partial charge in [0.15, 0.2) is 5.78 Å².